The van der Waals surface area contributed by atoms with Gasteiger partial charge >= 0.3 is 6.09 Å². The van der Waals surface area contributed by atoms with Gasteiger partial charge in [0.1, 0.15) is 0 Å². The van der Waals surface area contributed by atoms with E-state index in [0.717, 1.165) is 23.6 Å². The Bertz CT molecular complexity index is 1360. The van der Waals surface area contributed by atoms with Crippen LogP contribution in [0.3, 0.4) is 0 Å². The first-order chi connectivity index (χ1) is 16.5. The number of para-hydroxylation sites is 1. The van der Waals surface area contributed by atoms with Crippen LogP contribution >= 0.6 is 0 Å². The van der Waals surface area contributed by atoms with Gasteiger partial charge in [-0.05, 0) is 42.8 Å². The van der Waals surface area contributed by atoms with Crippen molar-refractivity contribution < 1.29 is 19.4 Å². The molecule has 1 unspecified atom stereocenters. The molecule has 3 aromatic carbocycles. The lowest BCUT2D eigenvalue weighted by Crippen LogP contribution is -2.15. The standard InChI is InChI=1S/C26H26N4O4/c1-2-3-13-34-26(33)28-18-8-6-7-17(14-18)25(32)30-23-19-9-4-5-10-21(19)29-22-15-16(24(27)31)11-12-20(22)23/h4-12,14-15,25,32H,2-3,13H2,1H3,(H2,27,31)(H,28,33)(H,29,30). The number of anilines is 2. The fourth-order valence-electron chi connectivity index (χ4n) is 3.67. The number of fused-ring (bicyclic) bond motifs is 2. The number of hydrogen-bond donors (Lipinski definition) is 4. The molecule has 0 radical (unpaired) electrons. The van der Waals surface area contributed by atoms with Crippen molar-refractivity contribution in [1.29, 1.82) is 0 Å². The molecule has 1 atom stereocenters. The van der Waals surface area contributed by atoms with Crippen molar-refractivity contribution >= 4 is 45.2 Å². The van der Waals surface area contributed by atoms with Crippen LogP contribution in [0.4, 0.5) is 16.2 Å². The van der Waals surface area contributed by atoms with E-state index < -0.39 is 18.2 Å². The number of aliphatic hydroxyl groups is 1. The Morgan fingerprint density at radius 2 is 1.82 bits per heavy atom. The summed E-state index contributed by atoms with van der Waals surface area (Å²) in [5.41, 5.74) is 8.80. The third-order valence-electron chi connectivity index (χ3n) is 5.43. The quantitative estimate of drug-likeness (QED) is 0.168. The van der Waals surface area contributed by atoms with Gasteiger partial charge in [-0.1, -0.05) is 43.7 Å². The number of hydrogen-bond acceptors (Lipinski definition) is 6. The van der Waals surface area contributed by atoms with Crippen molar-refractivity contribution in [2.24, 2.45) is 5.73 Å². The van der Waals surface area contributed by atoms with Gasteiger partial charge in [-0.2, -0.15) is 0 Å². The summed E-state index contributed by atoms with van der Waals surface area (Å²) in [6, 6.07) is 19.4. The number of rotatable bonds is 8. The lowest BCUT2D eigenvalue weighted by Gasteiger charge is -2.19. The number of amides is 2. The fourth-order valence-corrected chi connectivity index (χ4v) is 3.67. The highest BCUT2D eigenvalue weighted by Gasteiger charge is 2.16. The van der Waals surface area contributed by atoms with Crippen LogP contribution in [0.2, 0.25) is 0 Å². The molecule has 0 aliphatic heterocycles. The van der Waals surface area contributed by atoms with Gasteiger partial charge in [0.2, 0.25) is 5.91 Å². The zero-order chi connectivity index (χ0) is 24.1. The number of carbonyl (C=O) groups is 2. The summed E-state index contributed by atoms with van der Waals surface area (Å²) < 4.78 is 5.14. The second kappa shape index (κ2) is 10.2. The number of primary amides is 1. The molecular weight excluding hydrogens is 432 g/mol. The lowest BCUT2D eigenvalue weighted by atomic mass is 10.0. The Kier molecular flexibility index (Phi) is 6.89. The minimum atomic E-state index is -1.08. The molecule has 0 saturated carbocycles. The SMILES string of the molecule is CCCCOC(=O)Nc1cccc(C(O)Nc2c3ccccc3nc3cc(C(N)=O)ccc23)c1. The van der Waals surface area contributed by atoms with Crippen LogP contribution < -0.4 is 16.4 Å². The number of aliphatic hydroxyl groups excluding tert-OH is 1. The number of aromatic nitrogens is 1. The summed E-state index contributed by atoms with van der Waals surface area (Å²) >= 11 is 0. The molecule has 5 N–H and O–H groups in total. The van der Waals surface area contributed by atoms with Crippen molar-refractivity contribution in [2.45, 2.75) is 26.0 Å². The molecule has 8 nitrogen and oxygen atoms in total. The van der Waals surface area contributed by atoms with Crippen molar-refractivity contribution in [1.82, 2.24) is 4.98 Å². The Balaban J connectivity index is 1.64. The van der Waals surface area contributed by atoms with Gasteiger partial charge in [-0.15, -0.1) is 0 Å². The number of nitrogens with zero attached hydrogens (tertiary/aromatic N) is 1. The molecule has 4 rings (SSSR count). The Morgan fingerprint density at radius 3 is 2.62 bits per heavy atom. The molecule has 0 spiro atoms. The molecule has 1 heterocycles. The van der Waals surface area contributed by atoms with Gasteiger partial charge in [0, 0.05) is 27.6 Å². The Morgan fingerprint density at radius 1 is 1.03 bits per heavy atom. The number of nitrogens with two attached hydrogens (primary N) is 1. The normalized spacial score (nSPS) is 11.8. The number of ether oxygens (including phenoxy) is 1. The highest BCUT2D eigenvalue weighted by Crippen LogP contribution is 2.33. The monoisotopic (exact) mass is 458 g/mol. The molecule has 0 saturated heterocycles. The van der Waals surface area contributed by atoms with Crippen LogP contribution in [0.15, 0.2) is 66.7 Å². The molecule has 0 fully saturated rings. The van der Waals surface area contributed by atoms with Gasteiger partial charge in [0.15, 0.2) is 6.23 Å². The molecule has 8 heteroatoms. The predicted octanol–water partition coefficient (Wildman–Crippen LogP) is 4.94. The van der Waals surface area contributed by atoms with E-state index in [1.807, 2.05) is 31.2 Å². The maximum atomic E-state index is 12.0. The lowest BCUT2D eigenvalue weighted by molar-refractivity contribution is 0.1000. The summed E-state index contributed by atoms with van der Waals surface area (Å²) in [6.45, 7) is 2.37. The summed E-state index contributed by atoms with van der Waals surface area (Å²) in [7, 11) is 0. The van der Waals surface area contributed by atoms with Crippen LogP contribution in [0.25, 0.3) is 21.8 Å². The molecular formula is C26H26N4O4. The Hall–Kier alpha value is -4.17. The average Bonchev–Trinajstić information content (AvgIpc) is 2.83. The molecule has 2 amide bonds. The van der Waals surface area contributed by atoms with Crippen molar-refractivity contribution in [3.8, 4) is 0 Å². The molecule has 4 aromatic rings. The number of carbonyl (C=O) groups excluding carboxylic acids is 2. The van der Waals surface area contributed by atoms with Crippen LogP contribution in [-0.4, -0.2) is 28.7 Å². The number of benzene rings is 3. The van der Waals surface area contributed by atoms with Crippen molar-refractivity contribution in [3.63, 3.8) is 0 Å². The van der Waals surface area contributed by atoms with E-state index in [2.05, 4.69) is 15.6 Å². The number of nitrogens with one attached hydrogen (secondary N) is 2. The van der Waals surface area contributed by atoms with E-state index in [1.54, 1.807) is 42.5 Å². The van der Waals surface area contributed by atoms with Crippen LogP contribution in [0.1, 0.15) is 41.9 Å². The predicted molar refractivity (Wildman–Crippen MR) is 133 cm³/mol. The van der Waals surface area contributed by atoms with Crippen molar-refractivity contribution in [3.05, 3.63) is 77.9 Å². The minimum Gasteiger partial charge on any atom is -0.449 e. The molecule has 1 aromatic heterocycles. The smallest absolute Gasteiger partial charge is 0.411 e. The first kappa shape index (κ1) is 23.0. The zero-order valence-electron chi connectivity index (χ0n) is 18.7. The molecule has 0 aliphatic carbocycles. The van der Waals surface area contributed by atoms with Crippen LogP contribution in [0, 0.1) is 0 Å². The van der Waals surface area contributed by atoms with E-state index >= 15 is 0 Å². The minimum absolute atomic E-state index is 0.353. The summed E-state index contributed by atoms with van der Waals surface area (Å²) in [6.07, 6.45) is 0.111. The maximum absolute atomic E-state index is 12.0. The molecule has 34 heavy (non-hydrogen) atoms. The van der Waals surface area contributed by atoms with Gasteiger partial charge < -0.3 is 20.9 Å². The zero-order valence-corrected chi connectivity index (χ0v) is 18.7. The topological polar surface area (TPSA) is 127 Å². The van der Waals surface area contributed by atoms with Gasteiger partial charge in [0.05, 0.1) is 23.3 Å². The largest absolute Gasteiger partial charge is 0.449 e. The van der Waals surface area contributed by atoms with Crippen LogP contribution in [0.5, 0.6) is 0 Å². The summed E-state index contributed by atoms with van der Waals surface area (Å²) in [5.74, 6) is -0.538. The highest BCUT2D eigenvalue weighted by molar-refractivity contribution is 6.09. The van der Waals surface area contributed by atoms with Gasteiger partial charge in [-0.25, -0.2) is 9.78 Å². The summed E-state index contributed by atoms with van der Waals surface area (Å²) in [5, 5.41) is 18.4. The maximum Gasteiger partial charge on any atom is 0.411 e. The van der Waals surface area contributed by atoms with Crippen molar-refractivity contribution in [2.75, 3.05) is 17.2 Å². The van der Waals surface area contributed by atoms with E-state index in [0.29, 0.717) is 40.1 Å². The van der Waals surface area contributed by atoms with Crippen LogP contribution in [-0.2, 0) is 4.74 Å². The Labute approximate surface area is 196 Å². The second-order valence-electron chi connectivity index (χ2n) is 7.89. The van der Waals surface area contributed by atoms with E-state index in [4.69, 9.17) is 10.5 Å². The number of unbranched alkanes of at least 4 members (excludes halogenated alkanes) is 1. The molecule has 0 aliphatic rings. The third-order valence-corrected chi connectivity index (χ3v) is 5.43. The van der Waals surface area contributed by atoms with E-state index in [1.165, 1.54) is 0 Å². The fraction of sp³-hybridized carbons (Fsp3) is 0.192. The first-order valence-electron chi connectivity index (χ1n) is 11.1. The van der Waals surface area contributed by atoms with Gasteiger partial charge in [-0.3, -0.25) is 10.1 Å². The second-order valence-corrected chi connectivity index (χ2v) is 7.89. The van der Waals surface area contributed by atoms with Gasteiger partial charge in [0.25, 0.3) is 0 Å². The third kappa shape index (κ3) is 5.07. The van der Waals surface area contributed by atoms with E-state index in [-0.39, 0.29) is 0 Å². The first-order valence-corrected chi connectivity index (χ1v) is 11.1. The highest BCUT2D eigenvalue weighted by atomic mass is 16.5. The number of pyridine rings is 1. The summed E-state index contributed by atoms with van der Waals surface area (Å²) in [4.78, 5) is 28.3. The van der Waals surface area contributed by atoms with E-state index in [9.17, 15) is 14.7 Å². The average molecular weight is 459 g/mol. The molecule has 174 valence electrons. The molecule has 0 bridgehead atoms.